The van der Waals surface area contributed by atoms with Gasteiger partial charge in [0.15, 0.2) is 5.11 Å². The van der Waals surface area contributed by atoms with Crippen LogP contribution >= 0.6 is 23.8 Å². The molecule has 0 saturated carbocycles. The molecule has 2 heterocycles. The first kappa shape index (κ1) is 25.9. The summed E-state index contributed by atoms with van der Waals surface area (Å²) < 4.78 is 0. The molecule has 2 aliphatic rings. The Morgan fingerprint density at radius 2 is 1.69 bits per heavy atom. The lowest BCUT2D eigenvalue weighted by Crippen LogP contribution is -2.60. The van der Waals surface area contributed by atoms with Crippen LogP contribution in [0.2, 0.25) is 5.02 Å². The molecule has 2 aromatic rings. The molecule has 2 saturated heterocycles. The highest BCUT2D eigenvalue weighted by atomic mass is 35.5. The molecule has 35 heavy (non-hydrogen) atoms. The Balaban J connectivity index is 1.31. The quantitative estimate of drug-likeness (QED) is 0.522. The van der Waals surface area contributed by atoms with Crippen molar-refractivity contribution < 1.29 is 4.79 Å². The van der Waals surface area contributed by atoms with Gasteiger partial charge in [-0.2, -0.15) is 0 Å². The predicted molar refractivity (Wildman–Crippen MR) is 148 cm³/mol. The lowest BCUT2D eigenvalue weighted by Gasteiger charge is -2.45. The Hall–Kier alpha value is -2.15. The molecule has 5 nitrogen and oxygen atoms in total. The minimum Gasteiger partial charge on any atom is -0.358 e. The van der Waals surface area contributed by atoms with Gasteiger partial charge in [0.1, 0.15) is 0 Å². The van der Waals surface area contributed by atoms with E-state index < -0.39 is 0 Å². The smallest absolute Gasteiger partial charge is 0.222 e. The minimum absolute atomic E-state index is 0.0338. The summed E-state index contributed by atoms with van der Waals surface area (Å²) in [7, 11) is 0. The Morgan fingerprint density at radius 3 is 2.31 bits per heavy atom. The summed E-state index contributed by atoms with van der Waals surface area (Å²) in [6.07, 6.45) is 2.43. The van der Waals surface area contributed by atoms with Crippen molar-refractivity contribution in [3.8, 4) is 0 Å². The van der Waals surface area contributed by atoms with Crippen molar-refractivity contribution in [3.05, 3.63) is 70.7 Å². The van der Waals surface area contributed by atoms with Crippen LogP contribution in [-0.2, 0) is 4.79 Å². The zero-order valence-electron chi connectivity index (χ0n) is 21.0. The first-order chi connectivity index (χ1) is 16.7. The molecule has 0 aromatic heterocycles. The third-order valence-electron chi connectivity index (χ3n) is 7.17. The SMILES string of the molecule is C[C@@H]1CC(C)(C)NC(=S)N1CCCC(=O)N1CCN([C@@H](c2ccccc2)c2ccc(Cl)cc2)CC1. The Bertz CT molecular complexity index is 1010. The van der Waals surface area contributed by atoms with Gasteiger partial charge in [0.25, 0.3) is 0 Å². The molecule has 1 N–H and O–H groups in total. The van der Waals surface area contributed by atoms with Gasteiger partial charge in [-0.05, 0) is 69.1 Å². The van der Waals surface area contributed by atoms with E-state index in [1.54, 1.807) is 0 Å². The average molecular weight is 513 g/mol. The van der Waals surface area contributed by atoms with Gasteiger partial charge in [-0.3, -0.25) is 9.69 Å². The predicted octanol–water partition coefficient (Wildman–Crippen LogP) is 5.10. The van der Waals surface area contributed by atoms with Gasteiger partial charge in [0.05, 0.1) is 6.04 Å². The lowest BCUT2D eigenvalue weighted by atomic mass is 9.93. The van der Waals surface area contributed by atoms with E-state index in [0.717, 1.165) is 55.7 Å². The van der Waals surface area contributed by atoms with E-state index in [1.165, 1.54) is 11.1 Å². The maximum Gasteiger partial charge on any atom is 0.222 e. The van der Waals surface area contributed by atoms with Crippen LogP contribution in [-0.4, -0.2) is 70.0 Å². The molecule has 0 unspecified atom stereocenters. The minimum atomic E-state index is 0.0338. The van der Waals surface area contributed by atoms with Crippen LogP contribution in [0.5, 0.6) is 0 Å². The molecule has 2 fully saturated rings. The molecule has 1 amide bonds. The van der Waals surface area contributed by atoms with Gasteiger partial charge in [0.2, 0.25) is 5.91 Å². The monoisotopic (exact) mass is 512 g/mol. The first-order valence-electron chi connectivity index (χ1n) is 12.6. The van der Waals surface area contributed by atoms with E-state index in [4.69, 9.17) is 23.8 Å². The first-order valence-corrected chi connectivity index (χ1v) is 13.4. The molecular weight excluding hydrogens is 476 g/mol. The number of nitrogens with one attached hydrogen (secondary N) is 1. The van der Waals surface area contributed by atoms with Crippen molar-refractivity contribution in [1.29, 1.82) is 0 Å². The summed E-state index contributed by atoms with van der Waals surface area (Å²) in [6.45, 7) is 10.6. The standard InChI is InChI=1S/C28H37ClN4OS/c1-21-20-28(2,3)30-27(35)33(21)15-7-10-25(34)31-16-18-32(19-17-31)26(22-8-5-4-6-9-22)23-11-13-24(29)14-12-23/h4-6,8-9,11-14,21,26H,7,10,15-20H2,1-3H3,(H,30,35)/t21-,26+/m1/s1. The van der Waals surface area contributed by atoms with Gasteiger partial charge in [-0.1, -0.05) is 54.1 Å². The van der Waals surface area contributed by atoms with Crippen molar-refractivity contribution in [3.63, 3.8) is 0 Å². The molecule has 2 atom stereocenters. The summed E-state index contributed by atoms with van der Waals surface area (Å²) >= 11 is 11.7. The van der Waals surface area contributed by atoms with Gasteiger partial charge < -0.3 is 15.1 Å². The van der Waals surface area contributed by atoms with Gasteiger partial charge in [-0.15, -0.1) is 0 Å². The van der Waals surface area contributed by atoms with Crippen LogP contribution in [0, 0.1) is 0 Å². The molecule has 188 valence electrons. The molecule has 4 rings (SSSR count). The average Bonchev–Trinajstić information content (AvgIpc) is 2.82. The molecular formula is C28H37ClN4OS. The van der Waals surface area contributed by atoms with Crippen LogP contribution in [0.1, 0.15) is 57.2 Å². The second kappa shape index (κ2) is 11.3. The fraction of sp³-hybridized carbons (Fsp3) is 0.500. The van der Waals surface area contributed by atoms with E-state index in [1.807, 2.05) is 23.1 Å². The molecule has 0 aliphatic carbocycles. The molecule has 2 aliphatic heterocycles. The summed E-state index contributed by atoms with van der Waals surface area (Å²) in [5.74, 6) is 0.247. The largest absolute Gasteiger partial charge is 0.358 e. The second-order valence-electron chi connectivity index (χ2n) is 10.4. The van der Waals surface area contributed by atoms with E-state index in [9.17, 15) is 4.79 Å². The Labute approximate surface area is 220 Å². The summed E-state index contributed by atoms with van der Waals surface area (Å²) in [5, 5.41) is 4.99. The van der Waals surface area contributed by atoms with Crippen molar-refractivity contribution in [1.82, 2.24) is 20.0 Å². The van der Waals surface area contributed by atoms with Crippen molar-refractivity contribution in [2.75, 3.05) is 32.7 Å². The van der Waals surface area contributed by atoms with E-state index >= 15 is 0 Å². The number of hydrogen-bond acceptors (Lipinski definition) is 3. The fourth-order valence-electron chi connectivity index (χ4n) is 5.47. The van der Waals surface area contributed by atoms with E-state index in [2.05, 4.69) is 72.3 Å². The highest BCUT2D eigenvalue weighted by Crippen LogP contribution is 2.30. The van der Waals surface area contributed by atoms with Crippen LogP contribution in [0.15, 0.2) is 54.6 Å². The van der Waals surface area contributed by atoms with Crippen molar-refractivity contribution in [2.45, 2.75) is 57.7 Å². The maximum atomic E-state index is 13.0. The fourth-order valence-corrected chi connectivity index (χ4v) is 6.14. The lowest BCUT2D eigenvalue weighted by molar-refractivity contribution is -0.133. The van der Waals surface area contributed by atoms with E-state index in [0.29, 0.717) is 12.5 Å². The second-order valence-corrected chi connectivity index (χ2v) is 11.3. The molecule has 0 spiro atoms. The molecule has 2 aromatic carbocycles. The summed E-state index contributed by atoms with van der Waals surface area (Å²) in [5.41, 5.74) is 2.52. The van der Waals surface area contributed by atoms with Gasteiger partial charge in [0, 0.05) is 55.7 Å². The number of carbonyl (C=O) groups excluding carboxylic acids is 1. The number of hydrogen-bond donors (Lipinski definition) is 1. The van der Waals surface area contributed by atoms with Gasteiger partial charge in [-0.25, -0.2) is 0 Å². The number of benzene rings is 2. The number of piperazine rings is 1. The van der Waals surface area contributed by atoms with Crippen LogP contribution < -0.4 is 5.32 Å². The van der Waals surface area contributed by atoms with Crippen LogP contribution in [0.4, 0.5) is 0 Å². The summed E-state index contributed by atoms with van der Waals surface area (Å²) in [4.78, 5) is 19.7. The molecule has 0 radical (unpaired) electrons. The third-order valence-corrected chi connectivity index (χ3v) is 7.76. The highest BCUT2D eigenvalue weighted by Gasteiger charge is 2.33. The Kier molecular flexibility index (Phi) is 8.35. The topological polar surface area (TPSA) is 38.8 Å². The number of carbonyl (C=O) groups is 1. The summed E-state index contributed by atoms with van der Waals surface area (Å²) in [6, 6.07) is 19.3. The zero-order valence-corrected chi connectivity index (χ0v) is 22.6. The van der Waals surface area contributed by atoms with Crippen LogP contribution in [0.3, 0.4) is 0 Å². The van der Waals surface area contributed by atoms with Gasteiger partial charge >= 0.3 is 0 Å². The maximum absolute atomic E-state index is 13.0. The number of halogens is 1. The van der Waals surface area contributed by atoms with E-state index in [-0.39, 0.29) is 17.5 Å². The number of amides is 1. The van der Waals surface area contributed by atoms with Crippen LogP contribution in [0.25, 0.3) is 0 Å². The number of nitrogens with zero attached hydrogens (tertiary/aromatic N) is 3. The molecule has 7 heteroatoms. The molecule has 0 bridgehead atoms. The Morgan fingerprint density at radius 1 is 1.06 bits per heavy atom. The van der Waals surface area contributed by atoms with Crippen molar-refractivity contribution in [2.24, 2.45) is 0 Å². The third kappa shape index (κ3) is 6.54. The zero-order chi connectivity index (χ0) is 25.0. The number of rotatable bonds is 7. The number of thiocarbonyl (C=S) groups is 1. The normalized spacial score (nSPS) is 21.5. The highest BCUT2D eigenvalue weighted by molar-refractivity contribution is 7.80. The van der Waals surface area contributed by atoms with Crippen molar-refractivity contribution >= 4 is 34.8 Å².